The zero-order chi connectivity index (χ0) is 15.1. The molecule has 5 nitrogen and oxygen atoms in total. The van der Waals surface area contributed by atoms with E-state index in [0.717, 1.165) is 18.7 Å². The number of benzene rings is 1. The van der Waals surface area contributed by atoms with Gasteiger partial charge >= 0.3 is 6.09 Å². The first kappa shape index (κ1) is 14.0. The molecule has 6 heteroatoms. The number of hydrogen-bond acceptors (Lipinski definition) is 4. The minimum absolute atomic E-state index is 0.129. The van der Waals surface area contributed by atoms with E-state index in [4.69, 9.17) is 4.74 Å². The molecule has 1 aromatic carbocycles. The highest BCUT2D eigenvalue weighted by Crippen LogP contribution is 2.36. The molecule has 22 heavy (non-hydrogen) atoms. The monoisotopic (exact) mass is 317 g/mol. The zero-order valence-corrected chi connectivity index (χ0v) is 13.3. The van der Waals surface area contributed by atoms with Crippen molar-refractivity contribution in [3.05, 3.63) is 35.5 Å². The van der Waals surface area contributed by atoms with Gasteiger partial charge in [0.2, 0.25) is 0 Å². The van der Waals surface area contributed by atoms with E-state index in [1.54, 1.807) is 11.8 Å². The second-order valence-electron chi connectivity index (χ2n) is 5.75. The summed E-state index contributed by atoms with van der Waals surface area (Å²) >= 11 is 1.78. The van der Waals surface area contributed by atoms with Crippen LogP contribution in [-0.4, -0.2) is 47.3 Å². The molecule has 0 radical (unpaired) electrons. The molecule has 0 aliphatic carbocycles. The van der Waals surface area contributed by atoms with E-state index in [0.29, 0.717) is 5.88 Å². The number of nitrogens with zero attached hydrogens (tertiary/aromatic N) is 1. The van der Waals surface area contributed by atoms with Crippen molar-refractivity contribution in [2.75, 3.05) is 25.3 Å². The number of carbonyl (C=O) groups is 1. The maximum atomic E-state index is 12.0. The molecule has 4 rings (SSSR count). The minimum atomic E-state index is -0.236. The van der Waals surface area contributed by atoms with Crippen LogP contribution in [0.25, 0.3) is 10.9 Å². The summed E-state index contributed by atoms with van der Waals surface area (Å²) in [5.74, 6) is 1.63. The summed E-state index contributed by atoms with van der Waals surface area (Å²) in [5.41, 5.74) is 3.80. The number of nitrogens with one attached hydrogen (secondary N) is 2. The van der Waals surface area contributed by atoms with Crippen LogP contribution in [0, 0.1) is 0 Å². The summed E-state index contributed by atoms with van der Waals surface area (Å²) in [7, 11) is 1.45. The number of H-pyrrole nitrogens is 1. The molecule has 2 aliphatic rings. The number of carbonyl (C=O) groups excluding carboxylic acids is 1. The smallest absolute Gasteiger partial charge is 0.410 e. The fraction of sp³-hybridized carbons (Fsp3) is 0.438. The van der Waals surface area contributed by atoms with E-state index in [9.17, 15) is 4.79 Å². The minimum Gasteiger partial charge on any atom is -0.453 e. The number of aromatic nitrogens is 1. The summed E-state index contributed by atoms with van der Waals surface area (Å²) in [6.07, 6.45) is 0.786. The number of amides is 1. The fourth-order valence-corrected chi connectivity index (χ4v) is 4.79. The van der Waals surface area contributed by atoms with Crippen molar-refractivity contribution in [1.82, 2.24) is 15.2 Å². The van der Waals surface area contributed by atoms with Crippen molar-refractivity contribution in [3.8, 4) is 0 Å². The van der Waals surface area contributed by atoms with Gasteiger partial charge in [0.15, 0.2) is 0 Å². The van der Waals surface area contributed by atoms with Crippen LogP contribution in [0.4, 0.5) is 4.79 Å². The van der Waals surface area contributed by atoms with Crippen LogP contribution in [0.5, 0.6) is 0 Å². The lowest BCUT2D eigenvalue weighted by Gasteiger charge is -2.33. The van der Waals surface area contributed by atoms with Crippen LogP contribution in [0.1, 0.15) is 17.3 Å². The van der Waals surface area contributed by atoms with E-state index < -0.39 is 0 Å². The Hall–Kier alpha value is -1.66. The van der Waals surface area contributed by atoms with Gasteiger partial charge in [-0.25, -0.2) is 4.79 Å². The molecular weight excluding hydrogens is 298 g/mol. The summed E-state index contributed by atoms with van der Waals surface area (Å²) in [6.45, 7) is 0.940. The summed E-state index contributed by atoms with van der Waals surface area (Å²) in [4.78, 5) is 17.4. The van der Waals surface area contributed by atoms with E-state index in [2.05, 4.69) is 34.6 Å². The largest absolute Gasteiger partial charge is 0.453 e. The van der Waals surface area contributed by atoms with Crippen molar-refractivity contribution in [2.45, 2.75) is 18.5 Å². The number of ether oxygens (including phenoxy) is 1. The Morgan fingerprint density at radius 2 is 2.27 bits per heavy atom. The molecule has 2 aliphatic heterocycles. The van der Waals surface area contributed by atoms with Gasteiger partial charge in [0, 0.05) is 22.3 Å². The van der Waals surface area contributed by atoms with Gasteiger partial charge in [-0.05, 0) is 24.6 Å². The quantitative estimate of drug-likeness (QED) is 0.848. The Bertz CT molecular complexity index is 714. The maximum Gasteiger partial charge on any atom is 0.410 e. The molecule has 1 fully saturated rings. The van der Waals surface area contributed by atoms with Crippen molar-refractivity contribution in [1.29, 1.82) is 0 Å². The van der Waals surface area contributed by atoms with Crippen LogP contribution in [0.2, 0.25) is 0 Å². The Labute approximate surface area is 133 Å². The first-order valence-corrected chi connectivity index (χ1v) is 8.70. The number of thioether (sulfide) groups is 1. The zero-order valence-electron chi connectivity index (χ0n) is 12.5. The molecule has 116 valence electrons. The Morgan fingerprint density at radius 1 is 1.41 bits per heavy atom. The molecule has 1 aromatic heterocycles. The predicted molar refractivity (Wildman–Crippen MR) is 88.1 cm³/mol. The van der Waals surface area contributed by atoms with Gasteiger partial charge in [0.25, 0.3) is 0 Å². The normalized spacial score (nSPS) is 24.5. The maximum absolute atomic E-state index is 12.0. The van der Waals surface area contributed by atoms with Gasteiger partial charge in [-0.15, -0.1) is 11.8 Å². The van der Waals surface area contributed by atoms with Gasteiger partial charge in [-0.2, -0.15) is 0 Å². The Kier molecular flexibility index (Phi) is 3.50. The number of rotatable bonds is 1. The Balaban J connectivity index is 1.74. The Morgan fingerprint density at radius 3 is 3.14 bits per heavy atom. The summed E-state index contributed by atoms with van der Waals surface area (Å²) in [5, 5.41) is 4.90. The lowest BCUT2D eigenvalue weighted by Crippen LogP contribution is -2.47. The molecule has 0 spiro atoms. The highest BCUT2D eigenvalue weighted by Gasteiger charge is 2.39. The third kappa shape index (κ3) is 2.09. The highest BCUT2D eigenvalue weighted by atomic mass is 32.2. The highest BCUT2D eigenvalue weighted by molar-refractivity contribution is 7.99. The topological polar surface area (TPSA) is 57.4 Å². The second-order valence-corrected chi connectivity index (χ2v) is 6.75. The van der Waals surface area contributed by atoms with Crippen molar-refractivity contribution in [3.63, 3.8) is 0 Å². The first-order valence-electron chi connectivity index (χ1n) is 7.55. The van der Waals surface area contributed by atoms with E-state index in [1.165, 1.54) is 29.3 Å². The lowest BCUT2D eigenvalue weighted by atomic mass is 9.95. The van der Waals surface area contributed by atoms with E-state index in [-0.39, 0.29) is 18.2 Å². The van der Waals surface area contributed by atoms with Crippen LogP contribution >= 0.6 is 11.8 Å². The van der Waals surface area contributed by atoms with Crippen molar-refractivity contribution in [2.24, 2.45) is 0 Å². The number of methoxy groups -OCH3 is 1. The predicted octanol–water partition coefficient (Wildman–Crippen LogP) is 2.50. The van der Waals surface area contributed by atoms with Crippen molar-refractivity contribution >= 4 is 28.8 Å². The molecule has 2 atom stereocenters. The summed E-state index contributed by atoms with van der Waals surface area (Å²) < 4.78 is 4.94. The van der Waals surface area contributed by atoms with Gasteiger partial charge in [0.05, 0.1) is 25.1 Å². The molecule has 1 saturated heterocycles. The van der Waals surface area contributed by atoms with Crippen LogP contribution in [-0.2, 0) is 11.2 Å². The van der Waals surface area contributed by atoms with Crippen molar-refractivity contribution < 1.29 is 9.53 Å². The van der Waals surface area contributed by atoms with Gasteiger partial charge in [-0.3, -0.25) is 4.90 Å². The molecule has 2 aromatic rings. The number of para-hydroxylation sites is 1. The number of aromatic amines is 1. The molecule has 2 N–H and O–H groups in total. The summed E-state index contributed by atoms with van der Waals surface area (Å²) in [6, 6.07) is 8.70. The fourth-order valence-electron chi connectivity index (χ4n) is 3.58. The first-order chi connectivity index (χ1) is 10.8. The molecule has 0 saturated carbocycles. The molecule has 3 heterocycles. The third-order valence-corrected chi connectivity index (χ3v) is 5.65. The van der Waals surface area contributed by atoms with E-state index in [1.807, 2.05) is 4.90 Å². The standard InChI is InChI=1S/C16H19N3O2S/c1-21-16(20)19-9-22-8-13(19)15-14-11(6-7-17-15)10-4-2-3-5-12(10)18-14/h2-5,13,15,17-18H,6-9H2,1H3/t13-,15-/m0/s1. The lowest BCUT2D eigenvalue weighted by molar-refractivity contribution is 0.112. The molecule has 0 bridgehead atoms. The molecular formula is C16H19N3O2S. The number of hydrogen-bond donors (Lipinski definition) is 2. The average Bonchev–Trinajstić information content (AvgIpc) is 3.18. The third-order valence-electron chi connectivity index (χ3n) is 4.61. The van der Waals surface area contributed by atoms with Gasteiger partial charge in [-0.1, -0.05) is 18.2 Å². The molecule has 1 amide bonds. The van der Waals surface area contributed by atoms with Crippen LogP contribution in [0.15, 0.2) is 24.3 Å². The van der Waals surface area contributed by atoms with Crippen LogP contribution in [0.3, 0.4) is 0 Å². The van der Waals surface area contributed by atoms with Gasteiger partial charge < -0.3 is 15.0 Å². The van der Waals surface area contributed by atoms with E-state index >= 15 is 0 Å². The molecule has 0 unspecified atom stereocenters. The second kappa shape index (κ2) is 5.52. The average molecular weight is 317 g/mol. The van der Waals surface area contributed by atoms with Gasteiger partial charge in [0.1, 0.15) is 0 Å². The van der Waals surface area contributed by atoms with Crippen LogP contribution < -0.4 is 5.32 Å². The SMILES string of the molecule is COC(=O)N1CSC[C@H]1[C@@H]1NCCc2c1[nH]c1ccccc21. The number of fused-ring (bicyclic) bond motifs is 3.